The van der Waals surface area contributed by atoms with Crippen LogP contribution in [-0.2, 0) is 16.1 Å². The number of hydrogen-bond acceptors (Lipinski definition) is 5. The molecule has 4 atom stereocenters. The Morgan fingerprint density at radius 3 is 2.71 bits per heavy atom. The Bertz CT molecular complexity index is 1560. The molecule has 222 valence electrons. The summed E-state index contributed by atoms with van der Waals surface area (Å²) in [6.07, 6.45) is 4.80. The van der Waals surface area contributed by atoms with Gasteiger partial charge >= 0.3 is 18.0 Å². The average molecular weight is 600 g/mol. The molecule has 2 aromatic carbocycles. The van der Waals surface area contributed by atoms with Crippen LogP contribution in [0.25, 0.3) is 10.9 Å². The lowest BCUT2D eigenvalue weighted by molar-refractivity contribution is -0.139. The minimum Gasteiger partial charge on any atom is -0.482 e. The summed E-state index contributed by atoms with van der Waals surface area (Å²) in [5.74, 6) is -1.52. The molecule has 3 aromatic rings. The number of ether oxygens (including phenoxy) is 1. The minimum absolute atomic E-state index is 0.0460. The van der Waals surface area contributed by atoms with Crippen LogP contribution < -0.4 is 21.1 Å². The molecule has 5 N–H and O–H groups in total. The summed E-state index contributed by atoms with van der Waals surface area (Å²) < 4.78 is 20.8. The number of nitrogens with zero attached hydrogens (tertiary/aromatic N) is 2. The zero-order chi connectivity index (χ0) is 30.1. The second-order valence-electron chi connectivity index (χ2n) is 10.6. The van der Waals surface area contributed by atoms with Crippen LogP contribution in [0.5, 0.6) is 5.75 Å². The molecule has 1 saturated carbocycles. The van der Waals surface area contributed by atoms with Crippen molar-refractivity contribution in [1.29, 1.82) is 0 Å². The lowest BCUT2D eigenvalue weighted by Crippen LogP contribution is -2.50. The number of urea groups is 1. The van der Waals surface area contributed by atoms with E-state index in [1.807, 2.05) is 0 Å². The first-order chi connectivity index (χ1) is 20.1. The Hall–Kier alpha value is -4.32. The van der Waals surface area contributed by atoms with E-state index in [1.54, 1.807) is 11.0 Å². The van der Waals surface area contributed by atoms with Gasteiger partial charge in [0.15, 0.2) is 6.61 Å². The molecule has 1 saturated heterocycles. The lowest BCUT2D eigenvalue weighted by Gasteiger charge is -2.28. The van der Waals surface area contributed by atoms with Crippen molar-refractivity contribution in [2.45, 2.75) is 51.2 Å². The maximum absolute atomic E-state index is 14.4. The molecule has 13 heteroatoms. The molecule has 1 unspecified atom stereocenters. The number of piperidine rings is 1. The van der Waals surface area contributed by atoms with E-state index in [4.69, 9.17) is 27.2 Å². The Labute approximate surface area is 245 Å². The maximum Gasteiger partial charge on any atom is 0.341 e. The van der Waals surface area contributed by atoms with Gasteiger partial charge in [-0.25, -0.2) is 18.8 Å². The van der Waals surface area contributed by atoms with Gasteiger partial charge in [-0.1, -0.05) is 43.5 Å². The number of primary amides is 1. The van der Waals surface area contributed by atoms with E-state index >= 15 is 0 Å². The van der Waals surface area contributed by atoms with Crippen LogP contribution in [-0.4, -0.2) is 57.2 Å². The standard InChI is InChI=1S/C29H31ClFN5O6/c1-2-3-6-17-18-11-23(27(39)33-12-15-5-4-7-20(30)25(15)31)36(26(17)18)29(41)34-21-13-35(28(32)40)22-9-8-16(10-19(21)22)42-14-24(37)38/h4-5,7-10,13,17-18,23,26H,2-3,6,11-12,14H2,1H3,(H2,32,40)(H,33,39)(H,34,41)(H,37,38)/t17-,18+,23+,26?/m1/s1. The highest BCUT2D eigenvalue weighted by Gasteiger charge is 2.63. The zero-order valence-electron chi connectivity index (χ0n) is 22.8. The molecule has 42 heavy (non-hydrogen) atoms. The van der Waals surface area contributed by atoms with Crippen LogP contribution in [0.2, 0.25) is 5.02 Å². The van der Waals surface area contributed by atoms with Gasteiger partial charge in [-0.3, -0.25) is 9.36 Å². The van der Waals surface area contributed by atoms with Crippen molar-refractivity contribution >= 4 is 52.1 Å². The van der Waals surface area contributed by atoms with Crippen molar-refractivity contribution in [3.63, 3.8) is 0 Å². The Morgan fingerprint density at radius 1 is 1.21 bits per heavy atom. The number of rotatable bonds is 10. The first-order valence-electron chi connectivity index (χ1n) is 13.7. The van der Waals surface area contributed by atoms with E-state index in [1.165, 1.54) is 36.5 Å². The largest absolute Gasteiger partial charge is 0.482 e. The number of fused-ring (bicyclic) bond motifs is 2. The highest BCUT2D eigenvalue weighted by atomic mass is 35.5. The smallest absolute Gasteiger partial charge is 0.341 e. The number of carbonyl (C=O) groups excluding carboxylic acids is 3. The zero-order valence-corrected chi connectivity index (χ0v) is 23.6. The number of carbonyl (C=O) groups is 4. The number of amides is 4. The van der Waals surface area contributed by atoms with Gasteiger partial charge in [-0.2, -0.15) is 0 Å². The maximum atomic E-state index is 14.4. The third kappa shape index (κ3) is 5.71. The third-order valence-corrected chi connectivity index (χ3v) is 8.26. The number of carboxylic acid groups (broad SMARTS) is 1. The predicted molar refractivity (Wildman–Crippen MR) is 153 cm³/mol. The predicted octanol–water partition coefficient (Wildman–Crippen LogP) is 4.55. The fourth-order valence-corrected chi connectivity index (χ4v) is 6.15. The van der Waals surface area contributed by atoms with E-state index in [2.05, 4.69) is 17.6 Å². The number of nitrogens with two attached hydrogens (primary N) is 1. The third-order valence-electron chi connectivity index (χ3n) is 7.97. The topological polar surface area (TPSA) is 156 Å². The lowest BCUT2D eigenvalue weighted by atomic mass is 10.0. The number of aliphatic carboxylic acids is 1. The van der Waals surface area contributed by atoms with Gasteiger partial charge in [0.1, 0.15) is 17.6 Å². The van der Waals surface area contributed by atoms with Gasteiger partial charge in [-0.05, 0) is 48.9 Å². The quantitative estimate of drug-likeness (QED) is 0.268. The number of unbranched alkanes of at least 4 members (excludes halogenated alkanes) is 1. The average Bonchev–Trinajstić information content (AvgIpc) is 3.28. The van der Waals surface area contributed by atoms with Crippen molar-refractivity contribution in [1.82, 2.24) is 14.8 Å². The normalized spacial score (nSPS) is 20.7. The van der Waals surface area contributed by atoms with Crippen LogP contribution in [0.4, 0.5) is 19.7 Å². The second kappa shape index (κ2) is 11.9. The van der Waals surface area contributed by atoms with Gasteiger partial charge in [0.2, 0.25) is 5.91 Å². The molecule has 0 bridgehead atoms. The Kier molecular flexibility index (Phi) is 8.26. The van der Waals surface area contributed by atoms with Crippen LogP contribution in [0.1, 0.15) is 38.2 Å². The molecule has 2 heterocycles. The molecule has 0 spiro atoms. The molecule has 1 aliphatic heterocycles. The summed E-state index contributed by atoms with van der Waals surface area (Å²) in [4.78, 5) is 51.7. The monoisotopic (exact) mass is 599 g/mol. The molecule has 2 aliphatic rings. The molecule has 4 amide bonds. The first-order valence-corrected chi connectivity index (χ1v) is 14.1. The number of benzene rings is 2. The van der Waals surface area contributed by atoms with E-state index in [0.717, 1.165) is 23.8 Å². The summed E-state index contributed by atoms with van der Waals surface area (Å²) in [5.41, 5.74) is 6.39. The fraction of sp³-hybridized carbons (Fsp3) is 0.379. The Balaban J connectivity index is 1.39. The summed E-state index contributed by atoms with van der Waals surface area (Å²) in [6, 6.07) is 6.85. The molecule has 0 radical (unpaired) electrons. The molecular weight excluding hydrogens is 569 g/mol. The number of likely N-dealkylation sites (tertiary alicyclic amines) is 1. The SMILES string of the molecule is CCCC[C@H]1C2[C@H]1C[C@@H](C(=O)NCc1cccc(Cl)c1F)N2C(=O)Nc1cn(C(N)=O)c2ccc(OCC(=O)O)cc12. The molecule has 11 nitrogen and oxygen atoms in total. The van der Waals surface area contributed by atoms with Gasteiger partial charge in [0.05, 0.1) is 16.2 Å². The van der Waals surface area contributed by atoms with Crippen LogP contribution >= 0.6 is 11.6 Å². The van der Waals surface area contributed by atoms with E-state index in [0.29, 0.717) is 17.3 Å². The van der Waals surface area contributed by atoms with Gasteiger partial charge in [-0.15, -0.1) is 0 Å². The van der Waals surface area contributed by atoms with Crippen molar-refractivity contribution < 1.29 is 33.4 Å². The number of hydrogen-bond donors (Lipinski definition) is 4. The molecular formula is C29H31ClFN5O6. The van der Waals surface area contributed by atoms with Crippen molar-refractivity contribution in [3.05, 3.63) is 59.0 Å². The summed E-state index contributed by atoms with van der Waals surface area (Å²) in [7, 11) is 0. The second-order valence-corrected chi connectivity index (χ2v) is 11.0. The van der Waals surface area contributed by atoms with E-state index < -0.39 is 42.4 Å². The first kappa shape index (κ1) is 29.2. The summed E-state index contributed by atoms with van der Waals surface area (Å²) in [6.45, 7) is 1.43. The van der Waals surface area contributed by atoms with Crippen LogP contribution in [0, 0.1) is 17.7 Å². The van der Waals surface area contributed by atoms with Gasteiger partial charge < -0.3 is 31.1 Å². The number of halogens is 2. The number of carboxylic acids is 1. The number of nitrogens with one attached hydrogen (secondary N) is 2. The molecule has 2 fully saturated rings. The minimum atomic E-state index is -1.16. The summed E-state index contributed by atoms with van der Waals surface area (Å²) in [5, 5.41) is 14.9. The number of aromatic nitrogens is 1. The van der Waals surface area contributed by atoms with Crippen LogP contribution in [0.3, 0.4) is 0 Å². The van der Waals surface area contributed by atoms with Crippen molar-refractivity contribution in [2.75, 3.05) is 11.9 Å². The highest BCUT2D eigenvalue weighted by molar-refractivity contribution is 6.30. The summed E-state index contributed by atoms with van der Waals surface area (Å²) >= 11 is 5.87. The van der Waals surface area contributed by atoms with Crippen LogP contribution in [0.15, 0.2) is 42.6 Å². The highest BCUT2D eigenvalue weighted by Crippen LogP contribution is 2.55. The Morgan fingerprint density at radius 2 is 2.00 bits per heavy atom. The van der Waals surface area contributed by atoms with E-state index in [-0.39, 0.29) is 46.4 Å². The molecule has 1 aliphatic carbocycles. The van der Waals surface area contributed by atoms with Gasteiger partial charge in [0.25, 0.3) is 0 Å². The van der Waals surface area contributed by atoms with Gasteiger partial charge in [0, 0.05) is 29.7 Å². The fourth-order valence-electron chi connectivity index (χ4n) is 5.96. The van der Waals surface area contributed by atoms with E-state index in [9.17, 15) is 23.6 Å². The number of anilines is 1. The van der Waals surface area contributed by atoms with Crippen molar-refractivity contribution in [2.24, 2.45) is 17.6 Å². The molecule has 5 rings (SSSR count). The molecule has 1 aromatic heterocycles. The van der Waals surface area contributed by atoms with Crippen molar-refractivity contribution in [3.8, 4) is 5.75 Å².